The van der Waals surface area contributed by atoms with E-state index in [2.05, 4.69) is 11.4 Å². The molecule has 12 heavy (non-hydrogen) atoms. The van der Waals surface area contributed by atoms with Crippen molar-refractivity contribution in [1.82, 2.24) is 0 Å². The average molecular weight is 182 g/mol. The van der Waals surface area contributed by atoms with E-state index in [4.69, 9.17) is 0 Å². The predicted octanol–water partition coefficient (Wildman–Crippen LogP) is 2.83. The van der Waals surface area contributed by atoms with E-state index >= 15 is 0 Å². The molecule has 0 bridgehead atoms. The first-order chi connectivity index (χ1) is 5.86. The lowest BCUT2D eigenvalue weighted by molar-refractivity contribution is -0.118. The Morgan fingerprint density at radius 3 is 2.83 bits per heavy atom. The number of thiophene rings is 1. The van der Waals surface area contributed by atoms with Crippen molar-refractivity contribution in [2.45, 2.75) is 33.1 Å². The van der Waals surface area contributed by atoms with Gasteiger partial charge in [0.15, 0.2) is 0 Å². The van der Waals surface area contributed by atoms with Crippen molar-refractivity contribution in [2.24, 2.45) is 0 Å². The molecule has 0 unspecified atom stereocenters. The Bertz CT molecular complexity index is 263. The summed E-state index contributed by atoms with van der Waals surface area (Å²) in [4.78, 5) is 12.3. The molecule has 1 aromatic rings. The van der Waals surface area contributed by atoms with Crippen molar-refractivity contribution in [3.05, 3.63) is 21.9 Å². The first kappa shape index (κ1) is 9.46. The predicted molar refractivity (Wildman–Crippen MR) is 52.7 cm³/mol. The largest absolute Gasteiger partial charge is 0.299 e. The molecule has 1 aliphatic carbocycles. The summed E-state index contributed by atoms with van der Waals surface area (Å²) >= 11 is 1.78. The first-order valence-corrected chi connectivity index (χ1v) is 5.31. The van der Waals surface area contributed by atoms with Crippen molar-refractivity contribution in [1.29, 1.82) is 0 Å². The smallest absolute Gasteiger partial charge is 0.137 e. The number of fused-ring (bicyclic) bond motifs is 1. The van der Waals surface area contributed by atoms with Gasteiger partial charge in [0.25, 0.3) is 0 Å². The SMILES string of the molecule is CC.O=C1CCc2sccc2C1. The van der Waals surface area contributed by atoms with Gasteiger partial charge in [0.1, 0.15) is 5.78 Å². The van der Waals surface area contributed by atoms with E-state index in [0.29, 0.717) is 12.2 Å². The first-order valence-electron chi connectivity index (χ1n) is 4.43. The number of carbonyl (C=O) groups is 1. The minimum absolute atomic E-state index is 0.394. The summed E-state index contributed by atoms with van der Waals surface area (Å²) in [6, 6.07) is 2.07. The molecule has 2 rings (SSSR count). The third-order valence-corrected chi connectivity index (χ3v) is 2.88. The molecule has 1 heterocycles. The summed E-state index contributed by atoms with van der Waals surface area (Å²) in [7, 11) is 0. The van der Waals surface area contributed by atoms with E-state index in [0.717, 1.165) is 12.8 Å². The second-order valence-electron chi connectivity index (χ2n) is 2.58. The van der Waals surface area contributed by atoms with Crippen molar-refractivity contribution in [3.8, 4) is 0 Å². The molecular formula is C10H14OS. The maximum Gasteiger partial charge on any atom is 0.137 e. The second kappa shape index (κ2) is 4.41. The molecule has 0 amide bonds. The Hall–Kier alpha value is -0.630. The molecule has 66 valence electrons. The molecular weight excluding hydrogens is 168 g/mol. The molecule has 0 atom stereocenters. The van der Waals surface area contributed by atoms with Crippen LogP contribution in [0.4, 0.5) is 0 Å². The molecule has 2 heteroatoms. The Morgan fingerprint density at radius 1 is 1.33 bits per heavy atom. The Balaban J connectivity index is 0.000000336. The summed E-state index contributed by atoms with van der Waals surface area (Å²) in [6.07, 6.45) is 2.41. The topological polar surface area (TPSA) is 17.1 Å². The van der Waals surface area contributed by atoms with Crippen LogP contribution in [0.2, 0.25) is 0 Å². The van der Waals surface area contributed by atoms with E-state index < -0.39 is 0 Å². The normalized spacial score (nSPS) is 14.7. The summed E-state index contributed by atoms with van der Waals surface area (Å²) in [5.74, 6) is 0.394. The molecule has 1 aromatic heterocycles. The van der Waals surface area contributed by atoms with Gasteiger partial charge in [-0.3, -0.25) is 4.79 Å². The zero-order valence-electron chi connectivity index (χ0n) is 7.59. The average Bonchev–Trinajstić information content (AvgIpc) is 2.54. The van der Waals surface area contributed by atoms with Gasteiger partial charge in [0, 0.05) is 17.7 Å². The van der Waals surface area contributed by atoms with Crippen LogP contribution in [0.1, 0.15) is 30.7 Å². The maximum atomic E-state index is 10.9. The number of hydrogen-bond acceptors (Lipinski definition) is 2. The van der Waals surface area contributed by atoms with Gasteiger partial charge >= 0.3 is 0 Å². The lowest BCUT2D eigenvalue weighted by atomic mass is 9.98. The molecule has 1 aliphatic rings. The molecule has 0 N–H and O–H groups in total. The Labute approximate surface area is 77.4 Å². The van der Waals surface area contributed by atoms with Crippen molar-refractivity contribution in [3.63, 3.8) is 0 Å². The molecule has 0 saturated carbocycles. The molecule has 0 radical (unpaired) electrons. The third-order valence-electron chi connectivity index (χ3n) is 1.86. The monoisotopic (exact) mass is 182 g/mol. The molecule has 0 fully saturated rings. The zero-order valence-corrected chi connectivity index (χ0v) is 8.41. The highest BCUT2D eigenvalue weighted by atomic mass is 32.1. The minimum Gasteiger partial charge on any atom is -0.299 e. The van der Waals surface area contributed by atoms with Crippen molar-refractivity contribution < 1.29 is 4.79 Å². The Morgan fingerprint density at radius 2 is 2.08 bits per heavy atom. The van der Waals surface area contributed by atoms with Gasteiger partial charge in [0.05, 0.1) is 0 Å². The van der Waals surface area contributed by atoms with E-state index in [1.54, 1.807) is 11.3 Å². The summed E-state index contributed by atoms with van der Waals surface area (Å²) in [5, 5.41) is 2.07. The second-order valence-corrected chi connectivity index (χ2v) is 3.59. The fraction of sp³-hybridized carbons (Fsp3) is 0.500. The highest BCUT2D eigenvalue weighted by Gasteiger charge is 2.15. The van der Waals surface area contributed by atoms with Gasteiger partial charge in [-0.15, -0.1) is 11.3 Å². The van der Waals surface area contributed by atoms with Crippen LogP contribution in [0, 0.1) is 0 Å². The number of hydrogen-bond donors (Lipinski definition) is 0. The third kappa shape index (κ3) is 1.95. The van der Waals surface area contributed by atoms with E-state index in [-0.39, 0.29) is 0 Å². The maximum absolute atomic E-state index is 10.9. The zero-order chi connectivity index (χ0) is 8.97. The van der Waals surface area contributed by atoms with Gasteiger partial charge in [-0.1, -0.05) is 13.8 Å². The highest BCUT2D eigenvalue weighted by molar-refractivity contribution is 7.10. The van der Waals surface area contributed by atoms with Crippen LogP contribution in [-0.2, 0) is 17.6 Å². The molecule has 1 nitrogen and oxygen atoms in total. The lowest BCUT2D eigenvalue weighted by Crippen LogP contribution is -2.10. The number of carbonyl (C=O) groups excluding carboxylic acids is 1. The van der Waals surface area contributed by atoms with E-state index in [9.17, 15) is 4.79 Å². The quantitative estimate of drug-likeness (QED) is 0.603. The van der Waals surface area contributed by atoms with Crippen LogP contribution in [0.25, 0.3) is 0 Å². The van der Waals surface area contributed by atoms with E-state index in [1.807, 2.05) is 13.8 Å². The molecule has 0 spiro atoms. The van der Waals surface area contributed by atoms with Gasteiger partial charge in [0.2, 0.25) is 0 Å². The van der Waals surface area contributed by atoms with Crippen LogP contribution in [-0.4, -0.2) is 5.78 Å². The fourth-order valence-electron chi connectivity index (χ4n) is 1.30. The van der Waals surface area contributed by atoms with Crippen LogP contribution in [0.3, 0.4) is 0 Å². The molecule has 0 aromatic carbocycles. The van der Waals surface area contributed by atoms with Crippen LogP contribution in [0.5, 0.6) is 0 Å². The number of aryl methyl sites for hydroxylation is 1. The van der Waals surface area contributed by atoms with Crippen molar-refractivity contribution in [2.75, 3.05) is 0 Å². The van der Waals surface area contributed by atoms with Gasteiger partial charge in [-0.25, -0.2) is 0 Å². The summed E-state index contributed by atoms with van der Waals surface area (Å²) in [6.45, 7) is 4.00. The van der Waals surface area contributed by atoms with Crippen LogP contribution < -0.4 is 0 Å². The van der Waals surface area contributed by atoms with Crippen LogP contribution >= 0.6 is 11.3 Å². The van der Waals surface area contributed by atoms with Gasteiger partial charge in [-0.2, -0.15) is 0 Å². The van der Waals surface area contributed by atoms with E-state index in [1.165, 1.54) is 10.4 Å². The van der Waals surface area contributed by atoms with Crippen LogP contribution in [0.15, 0.2) is 11.4 Å². The molecule has 0 aliphatic heterocycles. The molecule has 0 saturated heterocycles. The lowest BCUT2D eigenvalue weighted by Gasteiger charge is -2.08. The van der Waals surface area contributed by atoms with Gasteiger partial charge in [-0.05, 0) is 23.4 Å². The number of ketones is 1. The number of rotatable bonds is 0. The highest BCUT2D eigenvalue weighted by Crippen LogP contribution is 2.23. The summed E-state index contributed by atoms with van der Waals surface area (Å²) in [5.41, 5.74) is 1.27. The van der Waals surface area contributed by atoms with Crippen molar-refractivity contribution >= 4 is 17.1 Å². The number of Topliss-reactive ketones (excluding diaryl/α,β-unsaturated/α-hetero) is 1. The standard InChI is InChI=1S/C8H8OS.C2H6/c9-7-1-2-8-6(5-7)3-4-10-8;1-2/h3-4H,1-2,5H2;1-2H3. The fourth-order valence-corrected chi connectivity index (χ4v) is 2.21. The Kier molecular flexibility index (Phi) is 3.48. The minimum atomic E-state index is 0.394. The van der Waals surface area contributed by atoms with Gasteiger partial charge < -0.3 is 0 Å². The summed E-state index contributed by atoms with van der Waals surface area (Å²) < 4.78 is 0.